The Balaban J connectivity index is 2.09. The van der Waals surface area contributed by atoms with Crippen LogP contribution in [0.1, 0.15) is 29.7 Å². The third-order valence-electron chi connectivity index (χ3n) is 4.62. The summed E-state index contributed by atoms with van der Waals surface area (Å²) in [5.41, 5.74) is 8.32. The molecule has 0 aliphatic carbocycles. The van der Waals surface area contributed by atoms with Gasteiger partial charge in [0.2, 0.25) is 0 Å². The molecule has 6 nitrogen and oxygen atoms in total. The molecule has 2 aromatic rings. The van der Waals surface area contributed by atoms with Crippen LogP contribution in [-0.4, -0.2) is 23.1 Å². The summed E-state index contributed by atoms with van der Waals surface area (Å²) in [5.74, 6) is -0.307. The van der Waals surface area contributed by atoms with Gasteiger partial charge in [0.05, 0.1) is 6.04 Å². The SMILES string of the molecule is C=C(O)c1ccc2c(c1)N([C@@H](C)c1ccccc1)C(=O)[C@H](NC(N)=O)C2. The number of benzene rings is 2. The second-order valence-corrected chi connectivity index (χ2v) is 6.35. The van der Waals surface area contributed by atoms with Crippen LogP contribution in [0.3, 0.4) is 0 Å². The number of hydrogen-bond donors (Lipinski definition) is 3. The van der Waals surface area contributed by atoms with E-state index in [0.717, 1.165) is 11.1 Å². The van der Waals surface area contributed by atoms with E-state index in [-0.39, 0.29) is 17.7 Å². The van der Waals surface area contributed by atoms with Crippen molar-refractivity contribution in [3.05, 3.63) is 71.8 Å². The maximum absolute atomic E-state index is 13.1. The highest BCUT2D eigenvalue weighted by atomic mass is 16.3. The van der Waals surface area contributed by atoms with Crippen molar-refractivity contribution in [1.82, 2.24) is 5.32 Å². The van der Waals surface area contributed by atoms with Gasteiger partial charge in [0.25, 0.3) is 5.91 Å². The summed E-state index contributed by atoms with van der Waals surface area (Å²) in [6.07, 6.45) is 0.341. The molecule has 3 amide bonds. The number of amides is 3. The lowest BCUT2D eigenvalue weighted by molar-refractivity contribution is -0.121. The zero-order valence-electron chi connectivity index (χ0n) is 14.5. The number of aliphatic hydroxyl groups excluding tert-OH is 1. The molecular weight excluding hydrogens is 330 g/mol. The molecule has 26 heavy (non-hydrogen) atoms. The lowest BCUT2D eigenvalue weighted by Gasteiger charge is -2.38. The second kappa shape index (κ2) is 6.92. The molecule has 6 heteroatoms. The Labute approximate surface area is 151 Å². The standard InChI is InChI=1S/C20H21N3O3/c1-12(14-6-4-3-5-7-14)23-18-11-15(13(2)24)8-9-16(18)10-17(19(23)25)22-20(21)26/h3-9,11-12,17,24H,2,10H2,1H3,(H3,21,22,26)/t12-,17+/m0/s1. The molecule has 134 valence electrons. The highest BCUT2D eigenvalue weighted by Crippen LogP contribution is 2.36. The van der Waals surface area contributed by atoms with Gasteiger partial charge in [-0.05, 0) is 24.1 Å². The number of carbonyl (C=O) groups excluding carboxylic acids is 2. The molecule has 1 aliphatic heterocycles. The molecule has 0 bridgehead atoms. The first kappa shape index (κ1) is 17.5. The lowest BCUT2D eigenvalue weighted by atomic mass is 9.92. The van der Waals surface area contributed by atoms with Gasteiger partial charge in [-0.25, -0.2) is 4.79 Å². The predicted octanol–water partition coefficient (Wildman–Crippen LogP) is 2.90. The van der Waals surface area contributed by atoms with E-state index >= 15 is 0 Å². The van der Waals surface area contributed by atoms with E-state index in [0.29, 0.717) is 17.7 Å². The topological polar surface area (TPSA) is 95.7 Å². The van der Waals surface area contributed by atoms with Crippen LogP contribution in [0.5, 0.6) is 0 Å². The van der Waals surface area contributed by atoms with Gasteiger partial charge in [0.15, 0.2) is 0 Å². The van der Waals surface area contributed by atoms with E-state index in [9.17, 15) is 14.7 Å². The molecule has 0 fully saturated rings. The van der Waals surface area contributed by atoms with Crippen LogP contribution in [0.25, 0.3) is 5.76 Å². The summed E-state index contributed by atoms with van der Waals surface area (Å²) in [6.45, 7) is 5.48. The molecule has 4 N–H and O–H groups in total. The number of anilines is 1. The van der Waals surface area contributed by atoms with Crippen LogP contribution in [0, 0.1) is 0 Å². The predicted molar refractivity (Wildman–Crippen MR) is 101 cm³/mol. The Morgan fingerprint density at radius 2 is 2.00 bits per heavy atom. The normalized spacial score (nSPS) is 17.3. The third kappa shape index (κ3) is 3.26. The third-order valence-corrected chi connectivity index (χ3v) is 4.62. The molecule has 0 spiro atoms. The minimum Gasteiger partial charge on any atom is -0.508 e. The summed E-state index contributed by atoms with van der Waals surface area (Å²) < 4.78 is 0. The maximum Gasteiger partial charge on any atom is 0.312 e. The summed E-state index contributed by atoms with van der Waals surface area (Å²) in [7, 11) is 0. The Morgan fingerprint density at radius 1 is 1.31 bits per heavy atom. The van der Waals surface area contributed by atoms with Crippen molar-refractivity contribution in [3.63, 3.8) is 0 Å². The molecule has 0 saturated heterocycles. The van der Waals surface area contributed by atoms with Gasteiger partial charge in [-0.1, -0.05) is 49.0 Å². The summed E-state index contributed by atoms with van der Waals surface area (Å²) in [5, 5.41) is 12.3. The largest absolute Gasteiger partial charge is 0.508 e. The van der Waals surface area contributed by atoms with E-state index in [4.69, 9.17) is 5.73 Å². The second-order valence-electron chi connectivity index (χ2n) is 6.35. The van der Waals surface area contributed by atoms with Crippen LogP contribution in [0.4, 0.5) is 10.5 Å². The van der Waals surface area contributed by atoms with Crippen LogP contribution in [-0.2, 0) is 11.2 Å². The van der Waals surface area contributed by atoms with Gasteiger partial charge < -0.3 is 21.1 Å². The van der Waals surface area contributed by atoms with Crippen LogP contribution in [0.2, 0.25) is 0 Å². The first-order chi connectivity index (χ1) is 12.4. The molecule has 0 unspecified atom stereocenters. The highest BCUT2D eigenvalue weighted by Gasteiger charge is 2.36. The lowest BCUT2D eigenvalue weighted by Crippen LogP contribution is -2.54. The van der Waals surface area contributed by atoms with Gasteiger partial charge in [-0.15, -0.1) is 0 Å². The zero-order chi connectivity index (χ0) is 18.8. The quantitative estimate of drug-likeness (QED) is 0.739. The van der Waals surface area contributed by atoms with Crippen molar-refractivity contribution >= 4 is 23.4 Å². The number of carbonyl (C=O) groups is 2. The number of nitrogens with one attached hydrogen (secondary N) is 1. The molecule has 2 atom stereocenters. The van der Waals surface area contributed by atoms with E-state index in [1.54, 1.807) is 17.0 Å². The first-order valence-corrected chi connectivity index (χ1v) is 8.33. The number of rotatable bonds is 4. The van der Waals surface area contributed by atoms with Crippen molar-refractivity contribution in [2.24, 2.45) is 5.73 Å². The van der Waals surface area contributed by atoms with Crippen molar-refractivity contribution in [3.8, 4) is 0 Å². The number of nitrogens with two attached hydrogens (primary N) is 1. The van der Waals surface area contributed by atoms with E-state index in [1.807, 2.05) is 43.3 Å². The number of fused-ring (bicyclic) bond motifs is 1. The molecule has 1 heterocycles. The van der Waals surface area contributed by atoms with Crippen LogP contribution >= 0.6 is 0 Å². The average Bonchev–Trinajstić information content (AvgIpc) is 2.62. The van der Waals surface area contributed by atoms with E-state index in [2.05, 4.69) is 11.9 Å². The van der Waals surface area contributed by atoms with Gasteiger partial charge in [-0.3, -0.25) is 4.79 Å². The minimum absolute atomic E-state index is 0.0649. The Bertz CT molecular complexity index is 864. The molecule has 0 radical (unpaired) electrons. The Kier molecular flexibility index (Phi) is 4.67. The number of hydrogen-bond acceptors (Lipinski definition) is 3. The molecule has 1 aliphatic rings. The fraction of sp³-hybridized carbons (Fsp3) is 0.200. The highest BCUT2D eigenvalue weighted by molar-refractivity contribution is 6.02. The molecule has 3 rings (SSSR count). The molecule has 0 saturated carbocycles. The van der Waals surface area contributed by atoms with Gasteiger partial charge in [0.1, 0.15) is 11.8 Å². The van der Waals surface area contributed by atoms with Crippen molar-refractivity contribution in [2.75, 3.05) is 4.90 Å². The molecule has 0 aromatic heterocycles. The monoisotopic (exact) mass is 351 g/mol. The fourth-order valence-corrected chi connectivity index (χ4v) is 3.30. The number of primary amides is 1. The Hall–Kier alpha value is -3.28. The van der Waals surface area contributed by atoms with E-state index < -0.39 is 12.1 Å². The number of aliphatic hydroxyl groups is 1. The van der Waals surface area contributed by atoms with E-state index in [1.165, 1.54) is 0 Å². The van der Waals surface area contributed by atoms with Crippen molar-refractivity contribution in [2.45, 2.75) is 25.4 Å². The van der Waals surface area contributed by atoms with Crippen LogP contribution < -0.4 is 16.0 Å². The number of nitrogens with zero attached hydrogens (tertiary/aromatic N) is 1. The first-order valence-electron chi connectivity index (χ1n) is 8.33. The molecular formula is C20H21N3O3. The fourth-order valence-electron chi connectivity index (χ4n) is 3.30. The summed E-state index contributed by atoms with van der Waals surface area (Å²) in [6, 6.07) is 13.2. The van der Waals surface area contributed by atoms with Crippen LogP contribution in [0.15, 0.2) is 55.1 Å². The minimum atomic E-state index is -0.737. The maximum atomic E-state index is 13.1. The van der Waals surface area contributed by atoms with Gasteiger partial charge >= 0.3 is 6.03 Å². The average molecular weight is 351 g/mol. The Morgan fingerprint density at radius 3 is 2.62 bits per heavy atom. The molecule has 2 aromatic carbocycles. The smallest absolute Gasteiger partial charge is 0.312 e. The van der Waals surface area contributed by atoms with Gasteiger partial charge in [0, 0.05) is 17.7 Å². The summed E-state index contributed by atoms with van der Waals surface area (Å²) in [4.78, 5) is 26.0. The summed E-state index contributed by atoms with van der Waals surface area (Å²) >= 11 is 0. The van der Waals surface area contributed by atoms with Crippen molar-refractivity contribution < 1.29 is 14.7 Å². The van der Waals surface area contributed by atoms with Gasteiger partial charge in [-0.2, -0.15) is 0 Å². The zero-order valence-corrected chi connectivity index (χ0v) is 14.5. The number of urea groups is 1. The van der Waals surface area contributed by atoms with Crippen molar-refractivity contribution in [1.29, 1.82) is 0 Å².